The molecule has 0 amide bonds. The van der Waals surface area contributed by atoms with E-state index in [9.17, 15) is 0 Å². The fraction of sp³-hybridized carbons (Fsp3) is 0.0714. The van der Waals surface area contributed by atoms with Gasteiger partial charge < -0.3 is 10.1 Å². The number of nitrogen functional groups attached to an aromatic ring is 1. The number of rotatable bonds is 3. The van der Waals surface area contributed by atoms with Crippen LogP contribution in [0.2, 0.25) is 10.0 Å². The highest BCUT2D eigenvalue weighted by Crippen LogP contribution is 2.28. The Balaban J connectivity index is 1.77. The number of aromatic nitrogens is 2. The van der Waals surface area contributed by atoms with Crippen LogP contribution < -0.4 is 5.73 Å². The van der Waals surface area contributed by atoms with Crippen molar-refractivity contribution < 1.29 is 0 Å². The number of fused-ring (bicyclic) bond motifs is 1. The average molecular weight is 324 g/mol. The van der Waals surface area contributed by atoms with Crippen molar-refractivity contribution >= 4 is 46.3 Å². The van der Waals surface area contributed by atoms with Crippen LogP contribution in [-0.2, 0) is 5.75 Å². The van der Waals surface area contributed by atoms with Gasteiger partial charge in [-0.15, -0.1) is 11.8 Å². The lowest BCUT2D eigenvalue weighted by Crippen LogP contribution is -1.86. The maximum absolute atomic E-state index is 6.00. The van der Waals surface area contributed by atoms with Crippen LogP contribution in [0.15, 0.2) is 47.6 Å². The molecule has 0 saturated carbocycles. The molecule has 0 unspecified atom stereocenters. The first-order chi connectivity index (χ1) is 9.61. The number of imidazole rings is 1. The summed E-state index contributed by atoms with van der Waals surface area (Å²) in [6.07, 6.45) is 3.82. The second-order valence-electron chi connectivity index (χ2n) is 4.32. The number of pyridine rings is 1. The molecule has 102 valence electrons. The van der Waals surface area contributed by atoms with E-state index in [1.165, 1.54) is 0 Å². The third kappa shape index (κ3) is 2.87. The number of anilines is 1. The Hall–Kier alpha value is -1.36. The van der Waals surface area contributed by atoms with Crippen LogP contribution in [0.1, 0.15) is 5.69 Å². The molecule has 0 bridgehead atoms. The zero-order chi connectivity index (χ0) is 14.1. The van der Waals surface area contributed by atoms with Gasteiger partial charge in [-0.3, -0.25) is 0 Å². The van der Waals surface area contributed by atoms with E-state index < -0.39 is 0 Å². The van der Waals surface area contributed by atoms with Gasteiger partial charge in [-0.1, -0.05) is 23.2 Å². The van der Waals surface area contributed by atoms with Crippen LogP contribution in [-0.4, -0.2) is 9.38 Å². The number of nitrogens with two attached hydrogens (primary N) is 1. The molecule has 0 spiro atoms. The van der Waals surface area contributed by atoms with Crippen molar-refractivity contribution in [1.82, 2.24) is 9.38 Å². The summed E-state index contributed by atoms with van der Waals surface area (Å²) in [5.74, 6) is 0.763. The normalized spacial score (nSPS) is 11.1. The maximum atomic E-state index is 6.00. The summed E-state index contributed by atoms with van der Waals surface area (Å²) in [5, 5.41) is 1.27. The monoisotopic (exact) mass is 323 g/mol. The number of hydrogen-bond acceptors (Lipinski definition) is 3. The van der Waals surface area contributed by atoms with Crippen LogP contribution in [0.5, 0.6) is 0 Å². The zero-order valence-corrected chi connectivity index (χ0v) is 12.7. The molecular formula is C14H11Cl2N3S. The molecule has 1 aromatic carbocycles. The topological polar surface area (TPSA) is 43.3 Å². The van der Waals surface area contributed by atoms with Crippen molar-refractivity contribution in [3.63, 3.8) is 0 Å². The largest absolute Gasteiger partial charge is 0.398 e. The van der Waals surface area contributed by atoms with Gasteiger partial charge in [0.1, 0.15) is 5.65 Å². The Morgan fingerprint density at radius 1 is 1.15 bits per heavy atom. The maximum Gasteiger partial charge on any atom is 0.137 e. The van der Waals surface area contributed by atoms with E-state index >= 15 is 0 Å². The first kappa shape index (κ1) is 13.6. The smallest absolute Gasteiger partial charge is 0.137 e. The molecule has 3 rings (SSSR count). The minimum atomic E-state index is 0.580. The summed E-state index contributed by atoms with van der Waals surface area (Å²) in [4.78, 5) is 5.60. The molecule has 0 aliphatic heterocycles. The summed E-state index contributed by atoms with van der Waals surface area (Å²) in [5.41, 5.74) is 8.17. The molecule has 0 saturated heterocycles. The van der Waals surface area contributed by atoms with E-state index in [1.54, 1.807) is 11.8 Å². The highest BCUT2D eigenvalue weighted by molar-refractivity contribution is 7.98. The summed E-state index contributed by atoms with van der Waals surface area (Å²) in [7, 11) is 0. The Bertz CT molecular complexity index is 770. The number of nitrogens with zero attached hydrogens (tertiary/aromatic N) is 2. The highest BCUT2D eigenvalue weighted by Gasteiger charge is 2.04. The lowest BCUT2D eigenvalue weighted by atomic mass is 10.3. The predicted molar refractivity (Wildman–Crippen MR) is 85.6 cm³/mol. The fourth-order valence-electron chi connectivity index (χ4n) is 1.84. The van der Waals surface area contributed by atoms with Crippen LogP contribution in [0, 0.1) is 0 Å². The van der Waals surface area contributed by atoms with Gasteiger partial charge in [0, 0.05) is 23.0 Å². The third-order valence-electron chi connectivity index (χ3n) is 2.82. The van der Waals surface area contributed by atoms with Crippen molar-refractivity contribution in [2.75, 3.05) is 5.73 Å². The molecule has 0 atom stereocenters. The molecule has 0 fully saturated rings. The van der Waals surface area contributed by atoms with Crippen molar-refractivity contribution in [3.05, 3.63) is 58.5 Å². The van der Waals surface area contributed by atoms with Gasteiger partial charge in [0.25, 0.3) is 0 Å². The zero-order valence-electron chi connectivity index (χ0n) is 10.4. The molecule has 2 aromatic heterocycles. The molecule has 3 nitrogen and oxygen atoms in total. The highest BCUT2D eigenvalue weighted by atomic mass is 35.5. The van der Waals surface area contributed by atoms with Crippen molar-refractivity contribution in [2.24, 2.45) is 0 Å². The number of hydrogen-bond donors (Lipinski definition) is 1. The van der Waals surface area contributed by atoms with Crippen LogP contribution >= 0.6 is 35.0 Å². The van der Waals surface area contributed by atoms with Crippen molar-refractivity contribution in [2.45, 2.75) is 10.6 Å². The van der Waals surface area contributed by atoms with Crippen LogP contribution in [0.3, 0.4) is 0 Å². The van der Waals surface area contributed by atoms with Gasteiger partial charge in [0.15, 0.2) is 0 Å². The minimum Gasteiger partial charge on any atom is -0.398 e. The molecule has 20 heavy (non-hydrogen) atoms. The first-order valence-electron chi connectivity index (χ1n) is 5.93. The Kier molecular flexibility index (Phi) is 3.78. The molecular weight excluding hydrogens is 313 g/mol. The summed E-state index contributed by atoms with van der Waals surface area (Å²) in [6, 6.07) is 9.37. The minimum absolute atomic E-state index is 0.580. The SMILES string of the molecule is Nc1ccc(SCc2cn3cc(Cl)ccc3n2)cc1Cl. The van der Waals surface area contributed by atoms with E-state index in [0.717, 1.165) is 22.0 Å². The lowest BCUT2D eigenvalue weighted by molar-refractivity contribution is 1.18. The van der Waals surface area contributed by atoms with Gasteiger partial charge in [-0.2, -0.15) is 0 Å². The van der Waals surface area contributed by atoms with E-state index in [4.69, 9.17) is 28.9 Å². The van der Waals surface area contributed by atoms with Gasteiger partial charge in [-0.05, 0) is 30.3 Å². The summed E-state index contributed by atoms with van der Waals surface area (Å²) >= 11 is 13.6. The summed E-state index contributed by atoms with van der Waals surface area (Å²) < 4.78 is 1.92. The van der Waals surface area contributed by atoms with Crippen molar-refractivity contribution in [3.8, 4) is 0 Å². The van der Waals surface area contributed by atoms with Crippen molar-refractivity contribution in [1.29, 1.82) is 0 Å². The predicted octanol–water partition coefficient (Wildman–Crippen LogP) is 4.52. The molecule has 3 aromatic rings. The third-order valence-corrected chi connectivity index (χ3v) is 4.40. The molecule has 2 N–H and O–H groups in total. The molecule has 6 heteroatoms. The second kappa shape index (κ2) is 5.56. The van der Waals surface area contributed by atoms with E-state index in [-0.39, 0.29) is 0 Å². The standard InChI is InChI=1S/C14H11Cl2N3S/c15-9-1-4-14-18-10(7-19(14)6-9)8-20-11-2-3-13(17)12(16)5-11/h1-7H,8,17H2. The first-order valence-corrected chi connectivity index (χ1v) is 7.67. The Morgan fingerprint density at radius 2 is 2.00 bits per heavy atom. The van der Waals surface area contributed by atoms with E-state index in [2.05, 4.69) is 4.98 Å². The number of benzene rings is 1. The molecule has 0 aliphatic rings. The van der Waals surface area contributed by atoms with Crippen LogP contribution in [0.25, 0.3) is 5.65 Å². The Labute approximate surface area is 130 Å². The quantitative estimate of drug-likeness (QED) is 0.569. The van der Waals surface area contributed by atoms with Gasteiger partial charge in [0.2, 0.25) is 0 Å². The molecule has 0 aliphatic carbocycles. The van der Waals surface area contributed by atoms with Gasteiger partial charge in [0.05, 0.1) is 21.4 Å². The fourth-order valence-corrected chi connectivity index (χ4v) is 3.07. The molecule has 2 heterocycles. The number of thioether (sulfide) groups is 1. The lowest BCUT2D eigenvalue weighted by Gasteiger charge is -2.02. The number of halogens is 2. The Morgan fingerprint density at radius 3 is 2.80 bits per heavy atom. The van der Waals surface area contributed by atoms with E-state index in [0.29, 0.717) is 15.7 Å². The summed E-state index contributed by atoms with van der Waals surface area (Å²) in [6.45, 7) is 0. The second-order valence-corrected chi connectivity index (χ2v) is 6.21. The van der Waals surface area contributed by atoms with Crippen LogP contribution in [0.4, 0.5) is 5.69 Å². The van der Waals surface area contributed by atoms with Gasteiger partial charge in [-0.25, -0.2) is 4.98 Å². The average Bonchev–Trinajstić information content (AvgIpc) is 2.82. The van der Waals surface area contributed by atoms with E-state index in [1.807, 2.05) is 47.1 Å². The van der Waals surface area contributed by atoms with Gasteiger partial charge >= 0.3 is 0 Å². The molecule has 0 radical (unpaired) electrons.